The zero-order valence-corrected chi connectivity index (χ0v) is 10.7. The van der Waals surface area contributed by atoms with Crippen LogP contribution in [0.5, 0.6) is 0 Å². The topological polar surface area (TPSA) is 24.1 Å². The van der Waals surface area contributed by atoms with Gasteiger partial charge in [0.15, 0.2) is 5.11 Å². The van der Waals surface area contributed by atoms with Gasteiger partial charge in [-0.25, -0.2) is 0 Å². The van der Waals surface area contributed by atoms with E-state index in [4.69, 9.17) is 18.6 Å². The molecule has 84 valence electrons. The molecule has 1 aromatic carbocycles. The maximum Gasteiger partial charge on any atom is 0.171 e. The first-order valence-corrected chi connectivity index (χ1v) is 5.51. The molecule has 0 saturated heterocycles. The number of hydrogen-bond acceptors (Lipinski definition) is 1. The molecule has 16 heavy (non-hydrogen) atoms. The van der Waals surface area contributed by atoms with E-state index in [-0.39, 0.29) is 0 Å². The van der Waals surface area contributed by atoms with E-state index in [1.54, 1.807) is 0 Å². The molecule has 0 radical (unpaired) electrons. The van der Waals surface area contributed by atoms with Crippen LogP contribution in [-0.4, -0.2) is 11.7 Å². The van der Waals surface area contributed by atoms with E-state index in [0.29, 0.717) is 11.7 Å². The minimum atomic E-state index is 0.440. The molecule has 0 aliphatic carbocycles. The van der Waals surface area contributed by atoms with Crippen molar-refractivity contribution in [3.05, 3.63) is 28.8 Å². The molecule has 0 heterocycles. The maximum atomic E-state index is 5.15. The first kappa shape index (κ1) is 12.5. The zero-order chi connectivity index (χ0) is 12.1. The van der Waals surface area contributed by atoms with E-state index in [0.717, 1.165) is 5.69 Å². The van der Waals surface area contributed by atoms with Crippen LogP contribution in [0.2, 0.25) is 0 Å². The Bertz CT molecular complexity index is 421. The summed E-state index contributed by atoms with van der Waals surface area (Å²) in [5.74, 6) is 2.48. The van der Waals surface area contributed by atoms with Gasteiger partial charge in [-0.1, -0.05) is 23.6 Å². The molecule has 0 saturated carbocycles. The van der Waals surface area contributed by atoms with Crippen LogP contribution in [-0.2, 0) is 0 Å². The molecule has 0 bridgehead atoms. The van der Waals surface area contributed by atoms with Gasteiger partial charge < -0.3 is 10.6 Å². The molecular formula is C13H16N2S. The smallest absolute Gasteiger partial charge is 0.171 e. The molecule has 0 amide bonds. The van der Waals surface area contributed by atoms with Crippen molar-refractivity contribution in [1.29, 1.82) is 0 Å². The Balaban J connectivity index is 2.82. The van der Waals surface area contributed by atoms with Crippen LogP contribution in [0, 0.1) is 33.1 Å². The Morgan fingerprint density at radius 1 is 1.31 bits per heavy atom. The van der Waals surface area contributed by atoms with Gasteiger partial charge in [0.2, 0.25) is 0 Å². The van der Waals surface area contributed by atoms with Gasteiger partial charge in [0, 0.05) is 5.69 Å². The van der Waals surface area contributed by atoms with E-state index < -0.39 is 0 Å². The number of thiocarbonyl (C=S) groups is 1. The standard InChI is InChI=1S/C13H16N2S/c1-5-6-14-13(16)15-12-10(3)7-9(2)8-11(12)4/h1,7-8H,6H2,2-4H3,(H2,14,15,16). The predicted molar refractivity (Wildman–Crippen MR) is 73.7 cm³/mol. The number of hydrogen-bond donors (Lipinski definition) is 2. The van der Waals surface area contributed by atoms with E-state index in [2.05, 4.69) is 49.5 Å². The third kappa shape index (κ3) is 3.25. The molecule has 0 aliphatic heterocycles. The molecule has 0 atom stereocenters. The second kappa shape index (κ2) is 5.53. The van der Waals surface area contributed by atoms with Gasteiger partial charge >= 0.3 is 0 Å². The number of benzene rings is 1. The number of aryl methyl sites for hydroxylation is 3. The summed E-state index contributed by atoms with van der Waals surface area (Å²) < 4.78 is 0. The highest BCUT2D eigenvalue weighted by Gasteiger charge is 2.04. The summed E-state index contributed by atoms with van der Waals surface area (Å²) in [7, 11) is 0. The molecule has 0 fully saturated rings. The van der Waals surface area contributed by atoms with Crippen molar-refractivity contribution in [3.63, 3.8) is 0 Å². The fourth-order valence-electron chi connectivity index (χ4n) is 1.67. The normalized spacial score (nSPS) is 9.38. The molecule has 1 rings (SSSR count). The largest absolute Gasteiger partial charge is 0.352 e. The van der Waals surface area contributed by atoms with Crippen molar-refractivity contribution in [2.75, 3.05) is 11.9 Å². The highest BCUT2D eigenvalue weighted by atomic mass is 32.1. The average molecular weight is 232 g/mol. The van der Waals surface area contributed by atoms with E-state index in [1.165, 1.54) is 16.7 Å². The third-order valence-corrected chi connectivity index (χ3v) is 2.51. The van der Waals surface area contributed by atoms with Crippen LogP contribution in [0.1, 0.15) is 16.7 Å². The molecular weight excluding hydrogens is 216 g/mol. The van der Waals surface area contributed by atoms with E-state index in [1.807, 2.05) is 0 Å². The molecule has 1 aromatic rings. The molecule has 0 aromatic heterocycles. The number of rotatable bonds is 2. The van der Waals surface area contributed by atoms with Gasteiger partial charge in [-0.2, -0.15) is 0 Å². The molecule has 0 unspecified atom stereocenters. The Kier molecular flexibility index (Phi) is 4.33. The quantitative estimate of drug-likeness (QED) is 0.605. The Labute approximate surface area is 102 Å². The van der Waals surface area contributed by atoms with Crippen LogP contribution >= 0.6 is 12.2 Å². The van der Waals surface area contributed by atoms with Crippen molar-refractivity contribution in [2.24, 2.45) is 0 Å². The fraction of sp³-hybridized carbons (Fsp3) is 0.308. The van der Waals surface area contributed by atoms with Crippen molar-refractivity contribution < 1.29 is 0 Å². The maximum absolute atomic E-state index is 5.15. The summed E-state index contributed by atoms with van der Waals surface area (Å²) in [4.78, 5) is 0. The van der Waals surface area contributed by atoms with Gasteiger partial charge in [0.25, 0.3) is 0 Å². The van der Waals surface area contributed by atoms with Crippen molar-refractivity contribution in [2.45, 2.75) is 20.8 Å². The lowest BCUT2D eigenvalue weighted by atomic mass is 10.1. The van der Waals surface area contributed by atoms with Gasteiger partial charge in [-0.3, -0.25) is 0 Å². The molecule has 0 spiro atoms. The molecule has 0 aliphatic rings. The zero-order valence-electron chi connectivity index (χ0n) is 9.85. The number of nitrogens with one attached hydrogen (secondary N) is 2. The van der Waals surface area contributed by atoms with Gasteiger partial charge in [-0.05, 0) is 44.1 Å². The van der Waals surface area contributed by atoms with Gasteiger partial charge in [0.05, 0.1) is 6.54 Å². The summed E-state index contributed by atoms with van der Waals surface area (Å²) in [6, 6.07) is 4.25. The molecule has 2 nitrogen and oxygen atoms in total. The predicted octanol–water partition coefficient (Wildman–Crippen LogP) is 2.53. The van der Waals surface area contributed by atoms with Crippen LogP contribution in [0.4, 0.5) is 5.69 Å². The lowest BCUT2D eigenvalue weighted by Gasteiger charge is -2.14. The summed E-state index contributed by atoms with van der Waals surface area (Å²) in [5, 5.41) is 6.66. The third-order valence-electron chi connectivity index (χ3n) is 2.27. The van der Waals surface area contributed by atoms with Crippen molar-refractivity contribution in [1.82, 2.24) is 5.32 Å². The van der Waals surface area contributed by atoms with Crippen LogP contribution in [0.3, 0.4) is 0 Å². The Morgan fingerprint density at radius 2 is 1.88 bits per heavy atom. The summed E-state index contributed by atoms with van der Waals surface area (Å²) in [5.41, 5.74) is 4.67. The monoisotopic (exact) mass is 232 g/mol. The summed E-state index contributed by atoms with van der Waals surface area (Å²) in [6.45, 7) is 6.65. The lowest BCUT2D eigenvalue weighted by Crippen LogP contribution is -2.29. The van der Waals surface area contributed by atoms with Crippen molar-refractivity contribution >= 4 is 23.0 Å². The average Bonchev–Trinajstić information content (AvgIpc) is 2.20. The Morgan fingerprint density at radius 3 is 2.38 bits per heavy atom. The van der Waals surface area contributed by atoms with Gasteiger partial charge in [0.1, 0.15) is 0 Å². The van der Waals surface area contributed by atoms with E-state index >= 15 is 0 Å². The first-order valence-electron chi connectivity index (χ1n) is 5.10. The summed E-state index contributed by atoms with van der Waals surface area (Å²) >= 11 is 5.14. The van der Waals surface area contributed by atoms with Gasteiger partial charge in [-0.15, -0.1) is 6.42 Å². The second-order valence-electron chi connectivity index (χ2n) is 3.79. The minimum Gasteiger partial charge on any atom is -0.352 e. The van der Waals surface area contributed by atoms with Crippen LogP contribution in [0.15, 0.2) is 12.1 Å². The first-order chi connectivity index (χ1) is 7.54. The number of anilines is 1. The van der Waals surface area contributed by atoms with Crippen LogP contribution in [0.25, 0.3) is 0 Å². The Hall–Kier alpha value is -1.53. The number of terminal acetylenes is 1. The minimum absolute atomic E-state index is 0.440. The van der Waals surface area contributed by atoms with E-state index in [9.17, 15) is 0 Å². The van der Waals surface area contributed by atoms with Crippen molar-refractivity contribution in [3.8, 4) is 12.3 Å². The molecule has 2 N–H and O–H groups in total. The lowest BCUT2D eigenvalue weighted by molar-refractivity contribution is 1.08. The molecule has 3 heteroatoms. The SMILES string of the molecule is C#CCNC(=S)Nc1c(C)cc(C)cc1C. The summed E-state index contributed by atoms with van der Waals surface area (Å²) in [6.07, 6.45) is 5.15. The highest BCUT2D eigenvalue weighted by molar-refractivity contribution is 7.80. The van der Waals surface area contributed by atoms with Crippen LogP contribution < -0.4 is 10.6 Å². The highest BCUT2D eigenvalue weighted by Crippen LogP contribution is 2.21. The fourth-order valence-corrected chi connectivity index (χ4v) is 1.84. The second-order valence-corrected chi connectivity index (χ2v) is 4.19.